The molecule has 1 aliphatic rings. The van der Waals surface area contributed by atoms with Crippen molar-refractivity contribution < 1.29 is 9.59 Å². The van der Waals surface area contributed by atoms with Crippen molar-refractivity contribution in [3.63, 3.8) is 0 Å². The van der Waals surface area contributed by atoms with Gasteiger partial charge in [0.15, 0.2) is 0 Å². The van der Waals surface area contributed by atoms with Gasteiger partial charge in [-0.25, -0.2) is 4.90 Å². The number of hydrogen-bond acceptors (Lipinski definition) is 3. The summed E-state index contributed by atoms with van der Waals surface area (Å²) < 4.78 is 0. The van der Waals surface area contributed by atoms with Gasteiger partial charge in [0.1, 0.15) is 0 Å². The van der Waals surface area contributed by atoms with Gasteiger partial charge in [-0.1, -0.05) is 41.4 Å². The van der Waals surface area contributed by atoms with Gasteiger partial charge in [-0.05, 0) is 49.7 Å². The molecule has 3 rings (SSSR count). The van der Waals surface area contributed by atoms with E-state index in [0.29, 0.717) is 17.3 Å². The third-order valence-corrected chi connectivity index (χ3v) is 4.41. The van der Waals surface area contributed by atoms with E-state index in [1.54, 1.807) is 12.1 Å². The van der Waals surface area contributed by atoms with Crippen LogP contribution in [0.4, 0.5) is 5.69 Å². The molecule has 0 radical (unpaired) electrons. The van der Waals surface area contributed by atoms with E-state index in [9.17, 15) is 9.59 Å². The second kappa shape index (κ2) is 7.16. The standard InChI is InChI=1S/C19H19ClN2O2/c1-13-2-8-16(9-3-13)22-18(23)12-17(19(22)24)21-11-10-14-4-6-15(20)7-5-14/h2-9,17,21H,10-12H2,1H3. The maximum atomic E-state index is 12.5. The Morgan fingerprint density at radius 1 is 1.08 bits per heavy atom. The van der Waals surface area contributed by atoms with Gasteiger partial charge in [-0.2, -0.15) is 0 Å². The molecule has 0 saturated carbocycles. The average Bonchev–Trinajstić information content (AvgIpc) is 2.85. The van der Waals surface area contributed by atoms with Gasteiger partial charge < -0.3 is 5.32 Å². The van der Waals surface area contributed by atoms with Crippen molar-refractivity contribution in [2.45, 2.75) is 25.8 Å². The van der Waals surface area contributed by atoms with Gasteiger partial charge in [0.25, 0.3) is 5.91 Å². The van der Waals surface area contributed by atoms with Gasteiger partial charge in [-0.15, -0.1) is 0 Å². The molecule has 0 aromatic heterocycles. The second-order valence-electron chi connectivity index (χ2n) is 5.99. The zero-order valence-electron chi connectivity index (χ0n) is 13.5. The number of benzene rings is 2. The largest absolute Gasteiger partial charge is 0.305 e. The van der Waals surface area contributed by atoms with Crippen molar-refractivity contribution in [2.75, 3.05) is 11.4 Å². The molecule has 1 heterocycles. The van der Waals surface area contributed by atoms with Crippen LogP contribution in [0.2, 0.25) is 5.02 Å². The predicted octanol–water partition coefficient (Wildman–Crippen LogP) is 3.11. The molecule has 1 saturated heterocycles. The normalized spacial score (nSPS) is 17.6. The van der Waals surface area contributed by atoms with Crippen LogP contribution in [-0.2, 0) is 16.0 Å². The first-order chi connectivity index (χ1) is 11.5. The molecule has 1 N–H and O–H groups in total. The third-order valence-electron chi connectivity index (χ3n) is 4.16. The van der Waals surface area contributed by atoms with E-state index in [1.807, 2.05) is 43.3 Å². The van der Waals surface area contributed by atoms with Crippen LogP contribution in [0.15, 0.2) is 48.5 Å². The molecule has 124 valence electrons. The number of aryl methyl sites for hydroxylation is 1. The summed E-state index contributed by atoms with van der Waals surface area (Å²) in [5, 5.41) is 3.90. The van der Waals surface area contributed by atoms with Gasteiger partial charge in [0.2, 0.25) is 5.91 Å². The summed E-state index contributed by atoms with van der Waals surface area (Å²) in [7, 11) is 0. The fraction of sp³-hybridized carbons (Fsp3) is 0.263. The minimum absolute atomic E-state index is 0.159. The molecule has 5 heteroatoms. The van der Waals surface area contributed by atoms with E-state index in [0.717, 1.165) is 17.5 Å². The van der Waals surface area contributed by atoms with Gasteiger partial charge in [0.05, 0.1) is 18.2 Å². The van der Waals surface area contributed by atoms with Crippen molar-refractivity contribution in [2.24, 2.45) is 0 Å². The van der Waals surface area contributed by atoms with Crippen LogP contribution in [0.5, 0.6) is 0 Å². The number of hydrogen-bond donors (Lipinski definition) is 1. The molecule has 1 fully saturated rings. The second-order valence-corrected chi connectivity index (χ2v) is 6.43. The predicted molar refractivity (Wildman–Crippen MR) is 95.2 cm³/mol. The SMILES string of the molecule is Cc1ccc(N2C(=O)CC(NCCc3ccc(Cl)cc3)C2=O)cc1. The summed E-state index contributed by atoms with van der Waals surface area (Å²) in [5.41, 5.74) is 2.87. The number of imide groups is 1. The molecule has 1 unspecified atom stereocenters. The van der Waals surface area contributed by atoms with Crippen molar-refractivity contribution in [1.82, 2.24) is 5.32 Å². The van der Waals surface area contributed by atoms with Crippen LogP contribution in [0.1, 0.15) is 17.5 Å². The third kappa shape index (κ3) is 3.66. The summed E-state index contributed by atoms with van der Waals surface area (Å²) in [4.78, 5) is 26.0. The number of halogens is 1. The lowest BCUT2D eigenvalue weighted by Crippen LogP contribution is -2.39. The Morgan fingerprint density at radius 2 is 1.75 bits per heavy atom. The molecule has 1 atom stereocenters. The van der Waals surface area contributed by atoms with Gasteiger partial charge in [0, 0.05) is 5.02 Å². The first-order valence-electron chi connectivity index (χ1n) is 7.96. The molecule has 4 nitrogen and oxygen atoms in total. The van der Waals surface area contributed by atoms with E-state index in [1.165, 1.54) is 4.90 Å². The Kier molecular flexibility index (Phi) is 4.97. The molecule has 2 amide bonds. The first-order valence-corrected chi connectivity index (χ1v) is 8.34. The summed E-state index contributed by atoms with van der Waals surface area (Å²) in [6.07, 6.45) is 0.979. The highest BCUT2D eigenvalue weighted by Gasteiger charge is 2.38. The summed E-state index contributed by atoms with van der Waals surface area (Å²) >= 11 is 5.87. The van der Waals surface area contributed by atoms with Crippen molar-refractivity contribution in [1.29, 1.82) is 0 Å². The first kappa shape index (κ1) is 16.7. The fourth-order valence-electron chi connectivity index (χ4n) is 2.80. The highest BCUT2D eigenvalue weighted by atomic mass is 35.5. The van der Waals surface area contributed by atoms with E-state index < -0.39 is 6.04 Å². The quantitative estimate of drug-likeness (QED) is 0.849. The summed E-state index contributed by atoms with van der Waals surface area (Å²) in [6.45, 7) is 2.60. The minimum atomic E-state index is -0.453. The number of rotatable bonds is 5. The molecular weight excluding hydrogens is 324 g/mol. The molecule has 24 heavy (non-hydrogen) atoms. The van der Waals surface area contributed by atoms with Crippen molar-refractivity contribution >= 4 is 29.1 Å². The van der Waals surface area contributed by atoms with Crippen LogP contribution in [0.25, 0.3) is 0 Å². The number of nitrogens with zero attached hydrogens (tertiary/aromatic N) is 1. The lowest BCUT2D eigenvalue weighted by molar-refractivity contribution is -0.121. The van der Waals surface area contributed by atoms with E-state index in [4.69, 9.17) is 11.6 Å². The molecular formula is C19H19ClN2O2. The topological polar surface area (TPSA) is 49.4 Å². The smallest absolute Gasteiger partial charge is 0.251 e. The Morgan fingerprint density at radius 3 is 2.42 bits per heavy atom. The summed E-state index contributed by atoms with van der Waals surface area (Å²) in [5.74, 6) is -0.340. The van der Waals surface area contributed by atoms with E-state index >= 15 is 0 Å². The molecule has 2 aromatic carbocycles. The molecule has 0 aliphatic carbocycles. The van der Waals surface area contributed by atoms with Crippen LogP contribution in [0.3, 0.4) is 0 Å². The fourth-order valence-corrected chi connectivity index (χ4v) is 2.92. The maximum absolute atomic E-state index is 12.5. The zero-order valence-corrected chi connectivity index (χ0v) is 14.2. The highest BCUT2D eigenvalue weighted by Crippen LogP contribution is 2.23. The van der Waals surface area contributed by atoms with Gasteiger partial charge in [-0.3, -0.25) is 9.59 Å². The summed E-state index contributed by atoms with van der Waals surface area (Å²) in [6, 6.07) is 14.6. The van der Waals surface area contributed by atoms with Crippen molar-refractivity contribution in [3.05, 3.63) is 64.7 Å². The lowest BCUT2D eigenvalue weighted by Gasteiger charge is -2.15. The van der Waals surface area contributed by atoms with Crippen molar-refractivity contribution in [3.8, 4) is 0 Å². The number of anilines is 1. The molecule has 2 aromatic rings. The maximum Gasteiger partial charge on any atom is 0.251 e. The average molecular weight is 343 g/mol. The van der Waals surface area contributed by atoms with Crippen LogP contribution < -0.4 is 10.2 Å². The van der Waals surface area contributed by atoms with Crippen LogP contribution in [-0.4, -0.2) is 24.4 Å². The lowest BCUT2D eigenvalue weighted by atomic mass is 10.1. The zero-order chi connectivity index (χ0) is 17.1. The minimum Gasteiger partial charge on any atom is -0.305 e. The Bertz CT molecular complexity index is 741. The molecule has 0 spiro atoms. The van der Waals surface area contributed by atoms with Crippen LogP contribution >= 0.6 is 11.6 Å². The number of amides is 2. The number of carbonyl (C=O) groups excluding carboxylic acids is 2. The molecule has 0 bridgehead atoms. The van der Waals surface area contributed by atoms with Gasteiger partial charge >= 0.3 is 0 Å². The Labute approximate surface area is 146 Å². The number of nitrogens with one attached hydrogen (secondary N) is 1. The number of carbonyl (C=O) groups is 2. The monoisotopic (exact) mass is 342 g/mol. The molecule has 1 aliphatic heterocycles. The Hall–Kier alpha value is -2.17. The van der Waals surface area contributed by atoms with E-state index in [-0.39, 0.29) is 18.2 Å². The Balaban J connectivity index is 1.59. The highest BCUT2D eigenvalue weighted by molar-refractivity contribution is 6.30. The van der Waals surface area contributed by atoms with E-state index in [2.05, 4.69) is 5.32 Å². The van der Waals surface area contributed by atoms with Crippen LogP contribution in [0, 0.1) is 6.92 Å².